The van der Waals surface area contributed by atoms with Gasteiger partial charge in [-0.3, -0.25) is 9.97 Å². The monoisotopic (exact) mass is 419 g/mol. The molecule has 154 valence electrons. The quantitative estimate of drug-likeness (QED) is 0.636. The van der Waals surface area contributed by atoms with E-state index >= 15 is 0 Å². The third kappa shape index (κ3) is 3.48. The van der Waals surface area contributed by atoms with Gasteiger partial charge in [0.05, 0.1) is 35.8 Å². The van der Waals surface area contributed by atoms with Gasteiger partial charge < -0.3 is 19.5 Å². The summed E-state index contributed by atoms with van der Waals surface area (Å²) in [5.74, 6) is 0. The third-order valence-corrected chi connectivity index (χ3v) is 6.29. The summed E-state index contributed by atoms with van der Waals surface area (Å²) in [6, 6.07) is 14.4. The average molecular weight is 420 g/mol. The Labute approximate surface area is 181 Å². The molecule has 2 aliphatic rings. The third-order valence-electron chi connectivity index (χ3n) is 5.94. The second-order valence-corrected chi connectivity index (χ2v) is 8.25. The molecule has 3 atom stereocenters. The fourth-order valence-electron chi connectivity index (χ4n) is 4.56. The van der Waals surface area contributed by atoms with Crippen LogP contribution in [-0.4, -0.2) is 43.8 Å². The minimum atomic E-state index is -0.0372. The lowest BCUT2D eigenvalue weighted by Gasteiger charge is -2.30. The number of nitrogens with zero attached hydrogens (tertiary/aromatic N) is 4. The summed E-state index contributed by atoms with van der Waals surface area (Å²) in [5, 5.41) is 4.29. The predicted octanol–water partition coefficient (Wildman–Crippen LogP) is 3.73. The molecule has 5 heterocycles. The highest BCUT2D eigenvalue weighted by atomic mass is 32.1. The van der Waals surface area contributed by atoms with E-state index in [9.17, 15) is 0 Å². The Hall–Kier alpha value is -2.77. The molecular formula is C23H25N5OS. The van der Waals surface area contributed by atoms with Crippen molar-refractivity contribution in [1.82, 2.24) is 24.8 Å². The number of pyridine rings is 2. The second kappa shape index (κ2) is 8.16. The molecule has 3 aromatic rings. The first kappa shape index (κ1) is 19.2. The van der Waals surface area contributed by atoms with Crippen molar-refractivity contribution in [3.05, 3.63) is 78.1 Å². The van der Waals surface area contributed by atoms with Crippen LogP contribution in [0.3, 0.4) is 0 Å². The Morgan fingerprint density at radius 3 is 2.83 bits per heavy atom. The van der Waals surface area contributed by atoms with Gasteiger partial charge in [-0.1, -0.05) is 6.07 Å². The Morgan fingerprint density at radius 1 is 1.17 bits per heavy atom. The van der Waals surface area contributed by atoms with E-state index in [0.717, 1.165) is 48.2 Å². The van der Waals surface area contributed by atoms with Gasteiger partial charge in [0.2, 0.25) is 0 Å². The SMILES string of the molecule is Cc1ccc([C@@H]2[C@@H](c3ccccn3)NC(=S)N2C[C@H]2CCCO2)n1-c1cccnc1. The fourth-order valence-corrected chi connectivity index (χ4v) is 4.87. The normalized spacial score (nSPS) is 23.7. The van der Waals surface area contributed by atoms with Crippen LogP contribution in [0.1, 0.15) is 42.0 Å². The summed E-state index contributed by atoms with van der Waals surface area (Å²) < 4.78 is 8.22. The van der Waals surface area contributed by atoms with Crippen LogP contribution >= 0.6 is 12.2 Å². The molecule has 0 aliphatic carbocycles. The topological polar surface area (TPSA) is 55.2 Å². The van der Waals surface area contributed by atoms with Crippen LogP contribution in [0, 0.1) is 6.92 Å². The molecule has 7 heteroatoms. The van der Waals surface area contributed by atoms with Crippen molar-refractivity contribution in [1.29, 1.82) is 0 Å². The van der Waals surface area contributed by atoms with Gasteiger partial charge in [-0.05, 0) is 68.4 Å². The number of nitrogens with one attached hydrogen (secondary N) is 1. The molecule has 2 saturated heterocycles. The first-order chi connectivity index (χ1) is 14.7. The maximum Gasteiger partial charge on any atom is 0.170 e. The minimum Gasteiger partial charge on any atom is -0.376 e. The van der Waals surface area contributed by atoms with Crippen LogP contribution in [0.4, 0.5) is 0 Å². The van der Waals surface area contributed by atoms with Crippen molar-refractivity contribution in [2.24, 2.45) is 0 Å². The number of thiocarbonyl (C=S) groups is 1. The molecule has 5 rings (SSSR count). The minimum absolute atomic E-state index is 0.00510. The average Bonchev–Trinajstić information content (AvgIpc) is 3.50. The number of aryl methyl sites for hydroxylation is 1. The number of ether oxygens (including phenoxy) is 1. The fraction of sp³-hybridized carbons (Fsp3) is 0.348. The van der Waals surface area contributed by atoms with Crippen LogP contribution in [-0.2, 0) is 4.74 Å². The number of hydrogen-bond acceptors (Lipinski definition) is 4. The zero-order chi connectivity index (χ0) is 20.5. The van der Waals surface area contributed by atoms with E-state index in [2.05, 4.69) is 55.9 Å². The first-order valence-corrected chi connectivity index (χ1v) is 10.8. The zero-order valence-electron chi connectivity index (χ0n) is 16.9. The van der Waals surface area contributed by atoms with Crippen LogP contribution in [0.15, 0.2) is 61.1 Å². The molecule has 1 N–H and O–H groups in total. The van der Waals surface area contributed by atoms with Crippen molar-refractivity contribution in [3.63, 3.8) is 0 Å². The maximum atomic E-state index is 5.95. The Morgan fingerprint density at radius 2 is 2.10 bits per heavy atom. The van der Waals surface area contributed by atoms with Gasteiger partial charge in [-0.15, -0.1) is 0 Å². The molecule has 2 aliphatic heterocycles. The summed E-state index contributed by atoms with van der Waals surface area (Å²) in [7, 11) is 0. The molecule has 0 aromatic carbocycles. The van der Waals surface area contributed by atoms with Crippen LogP contribution in [0.2, 0.25) is 0 Å². The Bertz CT molecular complexity index is 1020. The summed E-state index contributed by atoms with van der Waals surface area (Å²) in [6.07, 6.45) is 7.93. The highest BCUT2D eigenvalue weighted by Gasteiger charge is 2.42. The van der Waals surface area contributed by atoms with E-state index in [0.29, 0.717) is 0 Å². The van der Waals surface area contributed by atoms with Crippen molar-refractivity contribution >= 4 is 17.3 Å². The predicted molar refractivity (Wildman–Crippen MR) is 119 cm³/mol. The van der Waals surface area contributed by atoms with Gasteiger partial charge in [0.25, 0.3) is 0 Å². The van der Waals surface area contributed by atoms with E-state index in [1.165, 1.54) is 5.69 Å². The van der Waals surface area contributed by atoms with Gasteiger partial charge in [-0.2, -0.15) is 0 Å². The molecule has 0 amide bonds. The van der Waals surface area contributed by atoms with Crippen molar-refractivity contribution in [2.75, 3.05) is 13.2 Å². The van der Waals surface area contributed by atoms with Crippen molar-refractivity contribution < 1.29 is 4.74 Å². The van der Waals surface area contributed by atoms with E-state index in [1.54, 1.807) is 6.20 Å². The molecule has 0 bridgehead atoms. The standard InChI is InChI=1S/C23H25N5OS/c1-16-9-10-20(28(16)17-6-4-11-24-14-17)22-21(19-8-2-3-12-25-19)26-23(30)27(22)15-18-7-5-13-29-18/h2-4,6,8-12,14,18,21-22H,5,7,13,15H2,1H3,(H,26,30)/t18-,21-,22-/m1/s1. The summed E-state index contributed by atoms with van der Waals surface area (Å²) >= 11 is 5.81. The van der Waals surface area contributed by atoms with Crippen molar-refractivity contribution in [2.45, 2.75) is 38.0 Å². The molecule has 0 saturated carbocycles. The number of rotatable bonds is 5. The summed E-state index contributed by atoms with van der Waals surface area (Å²) in [4.78, 5) is 11.3. The largest absolute Gasteiger partial charge is 0.376 e. The van der Waals surface area contributed by atoms with Gasteiger partial charge in [-0.25, -0.2) is 0 Å². The molecule has 2 fully saturated rings. The lowest BCUT2D eigenvalue weighted by atomic mass is 10.0. The first-order valence-electron chi connectivity index (χ1n) is 10.4. The van der Waals surface area contributed by atoms with Gasteiger partial charge in [0, 0.05) is 36.9 Å². The van der Waals surface area contributed by atoms with Crippen LogP contribution < -0.4 is 5.32 Å². The number of aromatic nitrogens is 3. The molecule has 3 aromatic heterocycles. The van der Waals surface area contributed by atoms with E-state index in [-0.39, 0.29) is 18.2 Å². The number of hydrogen-bond donors (Lipinski definition) is 1. The lowest BCUT2D eigenvalue weighted by Crippen LogP contribution is -2.36. The van der Waals surface area contributed by atoms with Gasteiger partial charge in [0.1, 0.15) is 0 Å². The Kier molecular flexibility index (Phi) is 5.23. The smallest absolute Gasteiger partial charge is 0.170 e. The second-order valence-electron chi connectivity index (χ2n) is 7.86. The van der Waals surface area contributed by atoms with E-state index < -0.39 is 0 Å². The molecular weight excluding hydrogens is 394 g/mol. The highest BCUT2D eigenvalue weighted by Crippen LogP contribution is 2.40. The van der Waals surface area contributed by atoms with Gasteiger partial charge >= 0.3 is 0 Å². The van der Waals surface area contributed by atoms with Crippen molar-refractivity contribution in [3.8, 4) is 5.69 Å². The van der Waals surface area contributed by atoms with E-state index in [1.807, 2.05) is 30.6 Å². The lowest BCUT2D eigenvalue weighted by molar-refractivity contribution is 0.0836. The van der Waals surface area contributed by atoms with Crippen LogP contribution in [0.5, 0.6) is 0 Å². The highest BCUT2D eigenvalue weighted by molar-refractivity contribution is 7.80. The summed E-state index contributed by atoms with van der Waals surface area (Å²) in [6.45, 7) is 3.73. The van der Waals surface area contributed by atoms with Crippen LogP contribution in [0.25, 0.3) is 5.69 Å². The molecule has 0 unspecified atom stereocenters. The molecule has 6 nitrogen and oxygen atoms in total. The zero-order valence-corrected chi connectivity index (χ0v) is 17.8. The van der Waals surface area contributed by atoms with Gasteiger partial charge in [0.15, 0.2) is 5.11 Å². The summed E-state index contributed by atoms with van der Waals surface area (Å²) in [5.41, 5.74) is 4.36. The Balaban J connectivity index is 1.60. The maximum absolute atomic E-state index is 5.95. The molecule has 30 heavy (non-hydrogen) atoms. The molecule has 0 radical (unpaired) electrons. The molecule has 0 spiro atoms. The van der Waals surface area contributed by atoms with E-state index in [4.69, 9.17) is 17.0 Å².